The lowest BCUT2D eigenvalue weighted by Crippen LogP contribution is -2.39. The van der Waals surface area contributed by atoms with Crippen LogP contribution in [0.3, 0.4) is 0 Å². The number of ether oxygens (including phenoxy) is 4. The van der Waals surface area contributed by atoms with Crippen LogP contribution >= 0.6 is 0 Å². The van der Waals surface area contributed by atoms with Gasteiger partial charge in [-0.25, -0.2) is 4.79 Å². The highest BCUT2D eigenvalue weighted by atomic mass is 28.3. The van der Waals surface area contributed by atoms with E-state index >= 15 is 0 Å². The van der Waals surface area contributed by atoms with Gasteiger partial charge in [-0.3, -0.25) is 0 Å². The van der Waals surface area contributed by atoms with Gasteiger partial charge >= 0.3 is 6.09 Å². The second kappa shape index (κ2) is 12.9. The minimum absolute atomic E-state index is 0.0534. The van der Waals surface area contributed by atoms with Crippen molar-refractivity contribution in [1.82, 2.24) is 15.1 Å². The van der Waals surface area contributed by atoms with Crippen LogP contribution in [0.15, 0.2) is 43.1 Å². The fraction of sp³-hybridized carbons (Fsp3) is 0.531. The van der Waals surface area contributed by atoms with E-state index in [9.17, 15) is 4.79 Å². The van der Waals surface area contributed by atoms with Gasteiger partial charge in [-0.05, 0) is 68.8 Å². The summed E-state index contributed by atoms with van der Waals surface area (Å²) >= 11 is 0. The van der Waals surface area contributed by atoms with Gasteiger partial charge in [-0.15, -0.1) is 0 Å². The summed E-state index contributed by atoms with van der Waals surface area (Å²) in [6.07, 6.45) is 4.27. The predicted octanol–water partition coefficient (Wildman–Crippen LogP) is 6.66. The van der Waals surface area contributed by atoms with Crippen molar-refractivity contribution in [2.24, 2.45) is 0 Å². The molecule has 4 rings (SSSR count). The Hall–Kier alpha value is -3.37. The molecular weight excluding hydrogens is 548 g/mol. The van der Waals surface area contributed by atoms with Crippen LogP contribution in [0.5, 0.6) is 11.5 Å². The average molecular weight is 595 g/mol. The Bertz CT molecular complexity index is 1320. The summed E-state index contributed by atoms with van der Waals surface area (Å²) in [7, 11) is 2.05. The number of carbonyl (C=O) groups excluding carboxylic acids is 1. The maximum absolute atomic E-state index is 12.6. The molecule has 1 aromatic carbocycles. The monoisotopic (exact) mass is 594 g/mol. The third-order valence-corrected chi connectivity index (χ3v) is 9.25. The normalized spacial score (nSPS) is 18.8. The van der Waals surface area contributed by atoms with Crippen LogP contribution in [-0.2, 0) is 9.47 Å². The third-order valence-electron chi connectivity index (χ3n) is 7.54. The molecule has 3 heterocycles. The van der Waals surface area contributed by atoms with Crippen molar-refractivity contribution in [2.75, 3.05) is 45.4 Å². The molecule has 2 unspecified atom stereocenters. The highest BCUT2D eigenvalue weighted by Gasteiger charge is 2.41. The molecule has 0 N–H and O–H groups in total. The molecule has 2 atom stereocenters. The van der Waals surface area contributed by atoms with Gasteiger partial charge in [0.05, 0.1) is 49.9 Å². The van der Waals surface area contributed by atoms with Crippen molar-refractivity contribution in [3.63, 3.8) is 0 Å². The number of rotatable bonds is 10. The summed E-state index contributed by atoms with van der Waals surface area (Å²) in [4.78, 5) is 16.4. The Morgan fingerprint density at radius 2 is 1.86 bits per heavy atom. The quantitative estimate of drug-likeness (QED) is 0.223. The number of amides is 1. The largest absolute Gasteiger partial charge is 0.493 e. The first kappa shape index (κ1) is 31.6. The van der Waals surface area contributed by atoms with Crippen LogP contribution < -0.4 is 14.4 Å². The number of nitrogens with zero attached hydrogens (tertiary/aromatic N) is 4. The smallest absolute Gasteiger partial charge is 0.410 e. The zero-order chi connectivity index (χ0) is 30.7. The zero-order valence-electron chi connectivity index (χ0n) is 26.4. The summed E-state index contributed by atoms with van der Waals surface area (Å²) in [5.74, 6) is 1.29. The third kappa shape index (κ3) is 7.33. The maximum atomic E-state index is 12.6. The van der Waals surface area contributed by atoms with Gasteiger partial charge in [0.1, 0.15) is 5.60 Å². The number of hydrogen-bond donors (Lipinski definition) is 0. The van der Waals surface area contributed by atoms with E-state index in [4.69, 9.17) is 24.0 Å². The molecule has 0 aliphatic carbocycles. The van der Waals surface area contributed by atoms with Crippen molar-refractivity contribution in [3.8, 4) is 11.5 Å². The van der Waals surface area contributed by atoms with E-state index in [1.165, 1.54) is 0 Å². The van der Waals surface area contributed by atoms with E-state index in [0.29, 0.717) is 37.6 Å². The summed E-state index contributed by atoms with van der Waals surface area (Å²) < 4.78 is 23.0. The first-order chi connectivity index (χ1) is 19.8. The van der Waals surface area contributed by atoms with E-state index in [2.05, 4.69) is 48.4 Å². The van der Waals surface area contributed by atoms with Gasteiger partial charge in [0, 0.05) is 27.8 Å². The van der Waals surface area contributed by atoms with Crippen molar-refractivity contribution in [3.05, 3.63) is 60.1 Å². The Morgan fingerprint density at radius 3 is 2.45 bits per heavy atom. The molecule has 0 spiro atoms. The molecule has 0 saturated heterocycles. The fourth-order valence-corrected chi connectivity index (χ4v) is 6.06. The lowest BCUT2D eigenvalue weighted by Gasteiger charge is -2.29. The SMILES string of the molecule is C=CN1c2cc(C3=CCN(C(=O)OC(C)(C)C)CC3)nnc2C(COCC[Si](C)(C)C)C1c1ccc(OC)c(OC)c1. The van der Waals surface area contributed by atoms with Crippen LogP contribution in [0.4, 0.5) is 10.5 Å². The number of carbonyl (C=O) groups is 1. The molecule has 1 amide bonds. The molecule has 0 fully saturated rings. The first-order valence-electron chi connectivity index (χ1n) is 14.6. The number of aromatic nitrogens is 2. The Balaban J connectivity index is 1.64. The molecule has 2 aliphatic heterocycles. The van der Waals surface area contributed by atoms with Crippen molar-refractivity contribution in [1.29, 1.82) is 0 Å². The zero-order valence-corrected chi connectivity index (χ0v) is 27.4. The van der Waals surface area contributed by atoms with Crippen LogP contribution in [0.2, 0.25) is 25.7 Å². The van der Waals surface area contributed by atoms with Crippen LogP contribution in [-0.4, -0.2) is 75.4 Å². The summed E-state index contributed by atoms with van der Waals surface area (Å²) in [5, 5.41) is 9.46. The lowest BCUT2D eigenvalue weighted by molar-refractivity contribution is 0.0270. The highest BCUT2D eigenvalue weighted by Crippen LogP contribution is 2.50. The topological polar surface area (TPSA) is 86.3 Å². The first-order valence-corrected chi connectivity index (χ1v) is 18.3. The van der Waals surface area contributed by atoms with Crippen LogP contribution in [0, 0.1) is 0 Å². The average Bonchev–Trinajstić information content (AvgIpc) is 3.26. The van der Waals surface area contributed by atoms with Gasteiger partial charge in [0.2, 0.25) is 0 Å². The van der Waals surface area contributed by atoms with Gasteiger partial charge in [-0.1, -0.05) is 38.4 Å². The molecule has 0 bridgehead atoms. The second-order valence-electron chi connectivity index (χ2n) is 13.0. The summed E-state index contributed by atoms with van der Waals surface area (Å²) in [6.45, 7) is 19.1. The van der Waals surface area contributed by atoms with Crippen molar-refractivity contribution in [2.45, 2.75) is 70.4 Å². The predicted molar refractivity (Wildman–Crippen MR) is 169 cm³/mol. The Labute approximate surface area is 251 Å². The van der Waals surface area contributed by atoms with Crippen LogP contribution in [0.1, 0.15) is 56.1 Å². The molecule has 9 nitrogen and oxygen atoms in total. The molecular formula is C32H46N4O5Si. The number of anilines is 1. The molecule has 0 saturated carbocycles. The Morgan fingerprint density at radius 1 is 1.12 bits per heavy atom. The molecule has 0 radical (unpaired) electrons. The minimum atomic E-state index is -1.23. The highest BCUT2D eigenvalue weighted by molar-refractivity contribution is 6.76. The number of fused-ring (bicyclic) bond motifs is 1. The van der Waals surface area contributed by atoms with Gasteiger partial charge in [-0.2, -0.15) is 10.2 Å². The van der Waals surface area contributed by atoms with Crippen LogP contribution in [0.25, 0.3) is 5.57 Å². The van der Waals surface area contributed by atoms with E-state index in [0.717, 1.165) is 40.9 Å². The van der Waals surface area contributed by atoms with E-state index < -0.39 is 13.7 Å². The second-order valence-corrected chi connectivity index (χ2v) is 18.7. The van der Waals surface area contributed by atoms with Crippen molar-refractivity contribution >= 4 is 25.4 Å². The molecule has 10 heteroatoms. The molecule has 1 aromatic heterocycles. The fourth-order valence-electron chi connectivity index (χ4n) is 5.31. The van der Waals surface area contributed by atoms with E-state index in [-0.39, 0.29) is 18.1 Å². The lowest BCUT2D eigenvalue weighted by atomic mass is 9.93. The molecule has 2 aliphatic rings. The maximum Gasteiger partial charge on any atom is 0.410 e. The molecule has 228 valence electrons. The number of methoxy groups -OCH3 is 2. The van der Waals surface area contributed by atoms with Crippen molar-refractivity contribution < 1.29 is 23.7 Å². The minimum Gasteiger partial charge on any atom is -0.493 e. The van der Waals surface area contributed by atoms with Gasteiger partial charge in [0.15, 0.2) is 11.5 Å². The molecule has 2 aromatic rings. The van der Waals surface area contributed by atoms with Gasteiger partial charge < -0.3 is 28.7 Å². The standard InChI is InChI=1S/C32H46N4O5Si/c1-10-36-26-20-25(22-13-15-35(16-14-22)31(37)41-32(2,3)4)33-34-29(26)24(21-40-17-18-42(7,8)9)30(36)23-11-12-27(38-5)28(19-23)39-6/h10-13,19-20,24,30H,1,14-18,21H2,2-9H3. The number of benzene rings is 1. The number of hydrogen-bond acceptors (Lipinski definition) is 8. The summed E-state index contributed by atoms with van der Waals surface area (Å²) in [5.41, 5.74) is 4.24. The summed E-state index contributed by atoms with van der Waals surface area (Å²) in [6, 6.07) is 9.10. The van der Waals surface area contributed by atoms with Gasteiger partial charge in [0.25, 0.3) is 0 Å². The Kier molecular flexibility index (Phi) is 9.67. The van der Waals surface area contributed by atoms with E-state index in [1.54, 1.807) is 19.1 Å². The molecule has 42 heavy (non-hydrogen) atoms. The van der Waals surface area contributed by atoms with E-state index in [1.807, 2.05) is 45.2 Å².